The Bertz CT molecular complexity index is 293. The second-order valence-electron chi connectivity index (χ2n) is 2.85. The summed E-state index contributed by atoms with van der Waals surface area (Å²) in [6.45, 7) is 7.47. The van der Waals surface area contributed by atoms with Crippen LogP contribution in [0.1, 0.15) is 18.1 Å². The van der Waals surface area contributed by atoms with Gasteiger partial charge in [0.05, 0.1) is 0 Å². The van der Waals surface area contributed by atoms with Crippen LogP contribution >= 0.6 is 0 Å². The molecule has 12 heavy (non-hydrogen) atoms. The van der Waals surface area contributed by atoms with Crippen molar-refractivity contribution in [2.24, 2.45) is 4.99 Å². The molecule has 1 rings (SSSR count). The van der Waals surface area contributed by atoms with Crippen LogP contribution in [-0.2, 0) is 0 Å². The lowest BCUT2D eigenvalue weighted by molar-refractivity contribution is 1.35. The fourth-order valence-electron chi connectivity index (χ4n) is 0.950. The van der Waals surface area contributed by atoms with E-state index in [1.165, 1.54) is 11.1 Å². The van der Waals surface area contributed by atoms with E-state index >= 15 is 0 Å². The topological polar surface area (TPSA) is 12.4 Å². The van der Waals surface area contributed by atoms with Crippen LogP contribution in [0.25, 0.3) is 6.08 Å². The summed E-state index contributed by atoms with van der Waals surface area (Å²) >= 11 is 0. The summed E-state index contributed by atoms with van der Waals surface area (Å²) in [7, 11) is 0. The Morgan fingerprint density at radius 3 is 2.42 bits per heavy atom. The van der Waals surface area contributed by atoms with E-state index in [-0.39, 0.29) is 0 Å². The number of rotatable bonds is 2. The molecule has 1 aromatic rings. The maximum atomic E-state index is 3.82. The lowest BCUT2D eigenvalue weighted by Gasteiger charge is -1.95. The standard InChI is InChI=1S/C11H13N/c1-9-4-6-11(7-5-9)8-10(2)12-3/h4-8H,3H2,1-2H3/b10-8-. The van der Waals surface area contributed by atoms with Gasteiger partial charge < -0.3 is 0 Å². The molecule has 0 aliphatic rings. The molecule has 0 amide bonds. The summed E-state index contributed by atoms with van der Waals surface area (Å²) in [6, 6.07) is 8.32. The number of aryl methyl sites for hydroxylation is 1. The average Bonchev–Trinajstić information content (AvgIpc) is 2.09. The highest BCUT2D eigenvalue weighted by Gasteiger charge is 1.87. The molecule has 0 saturated carbocycles. The van der Waals surface area contributed by atoms with E-state index in [0.29, 0.717) is 0 Å². The monoisotopic (exact) mass is 159 g/mol. The van der Waals surface area contributed by atoms with Gasteiger partial charge in [0.2, 0.25) is 0 Å². The van der Waals surface area contributed by atoms with E-state index < -0.39 is 0 Å². The number of benzene rings is 1. The minimum atomic E-state index is 0.943. The number of hydrogen-bond acceptors (Lipinski definition) is 1. The molecule has 0 aromatic heterocycles. The van der Waals surface area contributed by atoms with Crippen molar-refractivity contribution in [1.29, 1.82) is 0 Å². The number of aliphatic imine (C=N–C) groups is 1. The van der Waals surface area contributed by atoms with Crippen molar-refractivity contribution in [3.05, 3.63) is 41.1 Å². The molecule has 0 spiro atoms. The van der Waals surface area contributed by atoms with Gasteiger partial charge in [-0.05, 0) is 32.2 Å². The first-order valence-electron chi connectivity index (χ1n) is 3.94. The van der Waals surface area contributed by atoms with Gasteiger partial charge in [-0.15, -0.1) is 0 Å². The highest BCUT2D eigenvalue weighted by molar-refractivity contribution is 5.53. The Morgan fingerprint density at radius 2 is 1.92 bits per heavy atom. The second-order valence-corrected chi connectivity index (χ2v) is 2.85. The molecule has 1 heteroatoms. The zero-order valence-corrected chi connectivity index (χ0v) is 7.54. The predicted octanol–water partition coefficient (Wildman–Crippen LogP) is 3.06. The highest BCUT2D eigenvalue weighted by Crippen LogP contribution is 2.08. The van der Waals surface area contributed by atoms with Gasteiger partial charge in [0.1, 0.15) is 0 Å². The molecule has 0 saturated heterocycles. The maximum Gasteiger partial charge on any atom is 0.0371 e. The largest absolute Gasteiger partial charge is 0.269 e. The normalized spacial score (nSPS) is 11.3. The van der Waals surface area contributed by atoms with E-state index in [9.17, 15) is 0 Å². The second kappa shape index (κ2) is 3.86. The van der Waals surface area contributed by atoms with Crippen LogP contribution in [0.3, 0.4) is 0 Å². The zero-order valence-electron chi connectivity index (χ0n) is 7.54. The van der Waals surface area contributed by atoms with Crippen LogP contribution in [0, 0.1) is 6.92 Å². The van der Waals surface area contributed by atoms with Crippen LogP contribution < -0.4 is 0 Å². The lowest BCUT2D eigenvalue weighted by atomic mass is 10.1. The van der Waals surface area contributed by atoms with Gasteiger partial charge in [-0.3, -0.25) is 4.99 Å². The van der Waals surface area contributed by atoms with Gasteiger partial charge in [0.15, 0.2) is 0 Å². The lowest BCUT2D eigenvalue weighted by Crippen LogP contribution is -1.75. The number of hydrogen-bond donors (Lipinski definition) is 0. The molecule has 0 fully saturated rings. The fraction of sp³-hybridized carbons (Fsp3) is 0.182. The Kier molecular flexibility index (Phi) is 2.81. The molecule has 62 valence electrons. The molecular formula is C11H13N. The highest BCUT2D eigenvalue weighted by atomic mass is 14.7. The van der Waals surface area contributed by atoms with E-state index in [0.717, 1.165) is 5.70 Å². The Balaban J connectivity index is 2.91. The van der Waals surface area contributed by atoms with Gasteiger partial charge in [0.25, 0.3) is 0 Å². The van der Waals surface area contributed by atoms with Crippen molar-refractivity contribution in [3.63, 3.8) is 0 Å². The predicted molar refractivity (Wildman–Crippen MR) is 54.4 cm³/mol. The van der Waals surface area contributed by atoms with Crippen molar-refractivity contribution >= 4 is 12.8 Å². The third-order valence-electron chi connectivity index (χ3n) is 1.70. The summed E-state index contributed by atoms with van der Waals surface area (Å²) in [5.41, 5.74) is 3.39. The minimum absolute atomic E-state index is 0.943. The zero-order chi connectivity index (χ0) is 8.97. The van der Waals surface area contributed by atoms with Crippen LogP contribution in [-0.4, -0.2) is 6.72 Å². The van der Waals surface area contributed by atoms with Crippen LogP contribution in [0.4, 0.5) is 0 Å². The third-order valence-corrected chi connectivity index (χ3v) is 1.70. The first-order chi connectivity index (χ1) is 5.72. The number of nitrogens with zero attached hydrogens (tertiary/aromatic N) is 1. The van der Waals surface area contributed by atoms with E-state index in [1.54, 1.807) is 0 Å². The quantitative estimate of drug-likeness (QED) is 0.588. The molecule has 1 aromatic carbocycles. The summed E-state index contributed by atoms with van der Waals surface area (Å²) in [6.07, 6.45) is 2.01. The summed E-state index contributed by atoms with van der Waals surface area (Å²) in [5.74, 6) is 0. The van der Waals surface area contributed by atoms with E-state index in [1.807, 2.05) is 13.0 Å². The summed E-state index contributed by atoms with van der Waals surface area (Å²) in [5, 5.41) is 0. The smallest absolute Gasteiger partial charge is 0.0371 e. The van der Waals surface area contributed by atoms with Crippen molar-refractivity contribution in [3.8, 4) is 0 Å². The fourth-order valence-corrected chi connectivity index (χ4v) is 0.950. The summed E-state index contributed by atoms with van der Waals surface area (Å²) < 4.78 is 0. The Morgan fingerprint density at radius 1 is 1.33 bits per heavy atom. The van der Waals surface area contributed by atoms with Crippen molar-refractivity contribution in [2.45, 2.75) is 13.8 Å². The van der Waals surface area contributed by atoms with Crippen molar-refractivity contribution in [2.75, 3.05) is 0 Å². The average molecular weight is 159 g/mol. The number of allylic oxidation sites excluding steroid dienone is 1. The Labute approximate surface area is 73.5 Å². The molecule has 0 aliphatic carbocycles. The molecule has 0 aliphatic heterocycles. The molecule has 0 N–H and O–H groups in total. The minimum Gasteiger partial charge on any atom is -0.269 e. The van der Waals surface area contributed by atoms with Gasteiger partial charge in [-0.25, -0.2) is 0 Å². The van der Waals surface area contributed by atoms with E-state index in [4.69, 9.17) is 0 Å². The molecule has 0 unspecified atom stereocenters. The van der Waals surface area contributed by atoms with Crippen LogP contribution in [0.2, 0.25) is 0 Å². The third kappa shape index (κ3) is 2.35. The molecule has 0 heterocycles. The van der Waals surface area contributed by atoms with E-state index in [2.05, 4.69) is 42.9 Å². The maximum absolute atomic E-state index is 3.82. The Hall–Kier alpha value is -1.37. The molecule has 1 nitrogen and oxygen atoms in total. The molecule has 0 bridgehead atoms. The van der Waals surface area contributed by atoms with Crippen molar-refractivity contribution in [1.82, 2.24) is 0 Å². The summed E-state index contributed by atoms with van der Waals surface area (Å²) in [4.78, 5) is 3.82. The van der Waals surface area contributed by atoms with Gasteiger partial charge in [-0.1, -0.05) is 29.8 Å². The SMILES string of the molecule is C=N/C(C)=C\c1ccc(C)cc1. The molecule has 0 radical (unpaired) electrons. The van der Waals surface area contributed by atoms with Crippen molar-refractivity contribution < 1.29 is 0 Å². The first-order valence-corrected chi connectivity index (χ1v) is 3.94. The van der Waals surface area contributed by atoms with Gasteiger partial charge >= 0.3 is 0 Å². The van der Waals surface area contributed by atoms with Crippen LogP contribution in [0.5, 0.6) is 0 Å². The van der Waals surface area contributed by atoms with Gasteiger partial charge in [-0.2, -0.15) is 0 Å². The molecular weight excluding hydrogens is 146 g/mol. The molecule has 0 atom stereocenters. The van der Waals surface area contributed by atoms with Crippen LogP contribution in [0.15, 0.2) is 35.0 Å². The van der Waals surface area contributed by atoms with Gasteiger partial charge in [0, 0.05) is 5.70 Å². The first kappa shape index (κ1) is 8.72.